The number of imidazole rings is 1. The van der Waals surface area contributed by atoms with Crippen LogP contribution in [0.2, 0.25) is 0 Å². The second-order valence-corrected chi connectivity index (χ2v) is 3.84. The van der Waals surface area contributed by atoms with Gasteiger partial charge in [0.25, 0.3) is 0 Å². The molecule has 0 aliphatic rings. The van der Waals surface area contributed by atoms with E-state index in [1.165, 1.54) is 11.3 Å². The van der Waals surface area contributed by atoms with Gasteiger partial charge in [0.1, 0.15) is 11.3 Å². The van der Waals surface area contributed by atoms with Crippen molar-refractivity contribution >= 4 is 11.0 Å². The second-order valence-electron chi connectivity index (χ2n) is 3.84. The summed E-state index contributed by atoms with van der Waals surface area (Å²) in [5.41, 5.74) is 2.20. The lowest BCUT2D eigenvalue weighted by Gasteiger charge is -2.05. The van der Waals surface area contributed by atoms with E-state index in [4.69, 9.17) is 0 Å². The smallest absolute Gasteiger partial charge is 0.109 e. The maximum atomic E-state index is 4.63. The summed E-state index contributed by atoms with van der Waals surface area (Å²) in [6, 6.07) is 2.04. The molecule has 0 atom stereocenters. The summed E-state index contributed by atoms with van der Waals surface area (Å²) >= 11 is 0. The highest BCUT2D eigenvalue weighted by molar-refractivity contribution is 5.74. The number of aromatic nitrogens is 3. The van der Waals surface area contributed by atoms with E-state index < -0.39 is 0 Å². The minimum Gasteiger partial charge on any atom is -0.328 e. The van der Waals surface area contributed by atoms with Gasteiger partial charge in [-0.15, -0.1) is 0 Å². The molecule has 0 aliphatic heterocycles. The number of nitrogens with zero attached hydrogens (tertiary/aromatic N) is 3. The Morgan fingerprint density at radius 3 is 3.06 bits per heavy atom. The molecule has 0 bridgehead atoms. The lowest BCUT2D eigenvalue weighted by molar-refractivity contribution is 0.657. The van der Waals surface area contributed by atoms with Gasteiger partial charge >= 0.3 is 0 Å². The molecule has 0 radical (unpaired) electrons. The molecule has 0 spiro atoms. The van der Waals surface area contributed by atoms with Gasteiger partial charge in [0.2, 0.25) is 0 Å². The molecule has 0 saturated carbocycles. The Balaban J connectivity index is 2.29. The van der Waals surface area contributed by atoms with E-state index in [0.29, 0.717) is 0 Å². The van der Waals surface area contributed by atoms with Gasteiger partial charge in [0.15, 0.2) is 0 Å². The normalized spacial score (nSPS) is 11.1. The maximum Gasteiger partial charge on any atom is 0.109 e. The van der Waals surface area contributed by atoms with Gasteiger partial charge < -0.3 is 9.88 Å². The molecule has 0 aliphatic carbocycles. The molecular formula is C12H18N4. The van der Waals surface area contributed by atoms with Gasteiger partial charge in [0.05, 0.1) is 11.7 Å². The number of hydrogen-bond donors (Lipinski definition) is 1. The zero-order chi connectivity index (χ0) is 11.4. The number of fused-ring (bicyclic) bond motifs is 1. The number of pyridine rings is 1. The average Bonchev–Trinajstić information content (AvgIpc) is 2.67. The molecule has 2 rings (SSSR count). The van der Waals surface area contributed by atoms with Crippen molar-refractivity contribution in [3.05, 3.63) is 24.3 Å². The van der Waals surface area contributed by atoms with E-state index in [0.717, 1.165) is 31.4 Å². The van der Waals surface area contributed by atoms with E-state index in [1.807, 2.05) is 25.5 Å². The van der Waals surface area contributed by atoms with Crippen LogP contribution in [0.25, 0.3) is 11.0 Å². The predicted molar refractivity (Wildman–Crippen MR) is 65.4 cm³/mol. The number of rotatable bonds is 5. The largest absolute Gasteiger partial charge is 0.328 e. The van der Waals surface area contributed by atoms with Crippen LogP contribution in [0.4, 0.5) is 0 Å². The van der Waals surface area contributed by atoms with Gasteiger partial charge in [-0.05, 0) is 33.0 Å². The Morgan fingerprint density at radius 2 is 2.31 bits per heavy atom. The summed E-state index contributed by atoms with van der Waals surface area (Å²) in [7, 11) is 1.98. The standard InChI is InChI=1S/C12H18N4/c1-3-16-11-6-8-14-9-10(11)15-12(16)5-4-7-13-2/h6,8-9,13H,3-5,7H2,1-2H3. The summed E-state index contributed by atoms with van der Waals surface area (Å²) in [5.74, 6) is 1.17. The third-order valence-electron chi connectivity index (χ3n) is 2.77. The topological polar surface area (TPSA) is 42.7 Å². The number of nitrogens with one attached hydrogen (secondary N) is 1. The van der Waals surface area contributed by atoms with Crippen LogP contribution in [0.5, 0.6) is 0 Å². The minimum absolute atomic E-state index is 0.968. The van der Waals surface area contributed by atoms with Crippen LogP contribution in [0.15, 0.2) is 18.5 Å². The van der Waals surface area contributed by atoms with Crippen LogP contribution in [-0.2, 0) is 13.0 Å². The maximum absolute atomic E-state index is 4.63. The fourth-order valence-corrected chi connectivity index (χ4v) is 2.00. The third kappa shape index (κ3) is 2.07. The molecule has 1 N–H and O–H groups in total. The Labute approximate surface area is 95.7 Å². The Morgan fingerprint density at radius 1 is 1.44 bits per heavy atom. The highest BCUT2D eigenvalue weighted by Gasteiger charge is 2.08. The van der Waals surface area contributed by atoms with E-state index >= 15 is 0 Å². The molecule has 16 heavy (non-hydrogen) atoms. The van der Waals surface area contributed by atoms with Gasteiger partial charge in [-0.2, -0.15) is 0 Å². The lowest BCUT2D eigenvalue weighted by Crippen LogP contribution is -2.10. The zero-order valence-electron chi connectivity index (χ0n) is 9.90. The van der Waals surface area contributed by atoms with Crippen LogP contribution in [0.1, 0.15) is 19.2 Å². The summed E-state index contributed by atoms with van der Waals surface area (Å²) in [4.78, 5) is 8.74. The minimum atomic E-state index is 0.968. The van der Waals surface area contributed by atoms with E-state index in [2.05, 4.69) is 26.8 Å². The first-order valence-electron chi connectivity index (χ1n) is 5.80. The summed E-state index contributed by atoms with van der Waals surface area (Å²) in [6.45, 7) is 4.16. The summed E-state index contributed by atoms with van der Waals surface area (Å²) < 4.78 is 2.27. The molecule has 0 aromatic carbocycles. The van der Waals surface area contributed by atoms with Crippen LogP contribution in [-0.4, -0.2) is 28.1 Å². The SMILES string of the molecule is CCn1c(CCCNC)nc2cnccc21. The average molecular weight is 218 g/mol. The van der Waals surface area contributed by atoms with Crippen molar-refractivity contribution in [3.8, 4) is 0 Å². The first-order valence-corrected chi connectivity index (χ1v) is 5.80. The lowest BCUT2D eigenvalue weighted by atomic mass is 10.3. The number of aryl methyl sites for hydroxylation is 2. The monoisotopic (exact) mass is 218 g/mol. The van der Waals surface area contributed by atoms with Crippen molar-refractivity contribution in [3.63, 3.8) is 0 Å². The first-order chi connectivity index (χ1) is 7.86. The number of hydrogen-bond acceptors (Lipinski definition) is 3. The van der Waals surface area contributed by atoms with Crippen LogP contribution >= 0.6 is 0 Å². The van der Waals surface area contributed by atoms with E-state index in [9.17, 15) is 0 Å². The molecule has 0 amide bonds. The van der Waals surface area contributed by atoms with Crippen molar-refractivity contribution in [2.75, 3.05) is 13.6 Å². The molecule has 2 aromatic heterocycles. The van der Waals surface area contributed by atoms with Crippen LogP contribution < -0.4 is 5.32 Å². The fourth-order valence-electron chi connectivity index (χ4n) is 2.00. The molecule has 0 unspecified atom stereocenters. The first kappa shape index (κ1) is 11.1. The molecule has 4 nitrogen and oxygen atoms in total. The molecule has 4 heteroatoms. The van der Waals surface area contributed by atoms with E-state index in [1.54, 1.807) is 0 Å². The quantitative estimate of drug-likeness (QED) is 0.775. The highest BCUT2D eigenvalue weighted by atomic mass is 15.1. The molecule has 2 aromatic rings. The predicted octanol–water partition coefficient (Wildman–Crippen LogP) is 1.60. The molecule has 0 saturated heterocycles. The van der Waals surface area contributed by atoms with Gasteiger partial charge in [-0.3, -0.25) is 4.98 Å². The van der Waals surface area contributed by atoms with Gasteiger partial charge in [-0.25, -0.2) is 4.98 Å². The van der Waals surface area contributed by atoms with Crippen molar-refractivity contribution in [2.24, 2.45) is 0 Å². The summed E-state index contributed by atoms with van der Waals surface area (Å²) in [5, 5.41) is 3.16. The highest BCUT2D eigenvalue weighted by Crippen LogP contribution is 2.15. The van der Waals surface area contributed by atoms with Crippen molar-refractivity contribution in [1.29, 1.82) is 0 Å². The molecule has 0 fully saturated rings. The second kappa shape index (κ2) is 5.07. The summed E-state index contributed by atoms with van der Waals surface area (Å²) in [6.07, 6.45) is 5.80. The third-order valence-corrected chi connectivity index (χ3v) is 2.77. The van der Waals surface area contributed by atoms with Crippen LogP contribution in [0.3, 0.4) is 0 Å². The van der Waals surface area contributed by atoms with Gasteiger partial charge in [0, 0.05) is 19.2 Å². The molecular weight excluding hydrogens is 200 g/mol. The van der Waals surface area contributed by atoms with E-state index in [-0.39, 0.29) is 0 Å². The van der Waals surface area contributed by atoms with Crippen molar-refractivity contribution in [1.82, 2.24) is 19.9 Å². The Bertz CT molecular complexity index is 461. The van der Waals surface area contributed by atoms with Gasteiger partial charge in [-0.1, -0.05) is 0 Å². The molecule has 86 valence electrons. The Hall–Kier alpha value is -1.42. The molecule has 2 heterocycles. The van der Waals surface area contributed by atoms with Crippen molar-refractivity contribution < 1.29 is 0 Å². The fraction of sp³-hybridized carbons (Fsp3) is 0.500. The van der Waals surface area contributed by atoms with Crippen molar-refractivity contribution in [2.45, 2.75) is 26.3 Å². The van der Waals surface area contributed by atoms with Crippen LogP contribution in [0, 0.1) is 0 Å². The Kier molecular flexibility index (Phi) is 3.51. The zero-order valence-corrected chi connectivity index (χ0v) is 9.90.